The van der Waals surface area contributed by atoms with Gasteiger partial charge in [-0.3, -0.25) is 0 Å². The van der Waals surface area contributed by atoms with Crippen LogP contribution in [0.2, 0.25) is 0 Å². The summed E-state index contributed by atoms with van der Waals surface area (Å²) in [5.41, 5.74) is 0. The van der Waals surface area contributed by atoms with Gasteiger partial charge in [0, 0.05) is 32.8 Å². The van der Waals surface area contributed by atoms with Crippen LogP contribution < -0.4 is 5.32 Å². The molecule has 20 heavy (non-hydrogen) atoms. The number of hydrogen-bond donors (Lipinski definition) is 1. The molecule has 2 unspecified atom stereocenters. The first-order valence-corrected chi connectivity index (χ1v) is 8.62. The minimum atomic E-state index is 0.722. The molecule has 0 aliphatic heterocycles. The van der Waals surface area contributed by atoms with E-state index in [2.05, 4.69) is 31.0 Å². The SMILES string of the molecule is CCNC1CCCCCC1CN(CCOC)CC(C)C. The fraction of sp³-hybridized carbons (Fsp3) is 1.00. The van der Waals surface area contributed by atoms with Crippen LogP contribution in [0.1, 0.15) is 52.9 Å². The number of rotatable bonds is 9. The smallest absolute Gasteiger partial charge is 0.0589 e. The van der Waals surface area contributed by atoms with Crippen molar-refractivity contribution in [2.75, 3.05) is 39.9 Å². The van der Waals surface area contributed by atoms with E-state index in [1.165, 1.54) is 45.2 Å². The van der Waals surface area contributed by atoms with Crippen LogP contribution in [0.3, 0.4) is 0 Å². The van der Waals surface area contributed by atoms with Gasteiger partial charge >= 0.3 is 0 Å². The topological polar surface area (TPSA) is 24.5 Å². The standard InChI is InChI=1S/C17H36N2O/c1-5-18-17-10-8-6-7-9-16(17)14-19(11-12-20-4)13-15(2)3/h15-18H,5-14H2,1-4H3. The van der Waals surface area contributed by atoms with Crippen LogP contribution in [0.4, 0.5) is 0 Å². The van der Waals surface area contributed by atoms with Crippen LogP contribution in [0.5, 0.6) is 0 Å². The molecule has 1 saturated carbocycles. The van der Waals surface area contributed by atoms with Crippen molar-refractivity contribution < 1.29 is 4.74 Å². The van der Waals surface area contributed by atoms with Crippen molar-refractivity contribution in [3.05, 3.63) is 0 Å². The van der Waals surface area contributed by atoms with Gasteiger partial charge < -0.3 is 15.0 Å². The largest absolute Gasteiger partial charge is 0.383 e. The first-order valence-electron chi connectivity index (χ1n) is 8.62. The fourth-order valence-corrected chi connectivity index (χ4v) is 3.46. The highest BCUT2D eigenvalue weighted by atomic mass is 16.5. The van der Waals surface area contributed by atoms with Gasteiger partial charge in [-0.25, -0.2) is 0 Å². The third-order valence-electron chi connectivity index (χ3n) is 4.35. The Kier molecular flexibility index (Phi) is 9.49. The zero-order chi connectivity index (χ0) is 14.8. The molecule has 0 amide bonds. The van der Waals surface area contributed by atoms with E-state index in [0.29, 0.717) is 0 Å². The zero-order valence-electron chi connectivity index (χ0n) is 14.2. The second-order valence-electron chi connectivity index (χ2n) is 6.71. The van der Waals surface area contributed by atoms with Crippen molar-refractivity contribution in [3.63, 3.8) is 0 Å². The molecule has 0 aromatic rings. The van der Waals surface area contributed by atoms with Crippen LogP contribution in [-0.4, -0.2) is 50.8 Å². The third-order valence-corrected chi connectivity index (χ3v) is 4.35. The molecule has 0 heterocycles. The highest BCUT2D eigenvalue weighted by molar-refractivity contribution is 4.82. The van der Waals surface area contributed by atoms with Gasteiger partial charge in [0.1, 0.15) is 0 Å². The molecule has 3 heteroatoms. The van der Waals surface area contributed by atoms with E-state index in [1.807, 2.05) is 0 Å². The summed E-state index contributed by atoms with van der Waals surface area (Å²) in [5, 5.41) is 3.73. The van der Waals surface area contributed by atoms with E-state index in [1.54, 1.807) is 7.11 Å². The van der Waals surface area contributed by atoms with E-state index < -0.39 is 0 Å². The fourth-order valence-electron chi connectivity index (χ4n) is 3.46. The van der Waals surface area contributed by atoms with E-state index >= 15 is 0 Å². The van der Waals surface area contributed by atoms with E-state index in [-0.39, 0.29) is 0 Å². The second kappa shape index (κ2) is 10.6. The first kappa shape index (κ1) is 17.9. The van der Waals surface area contributed by atoms with Crippen molar-refractivity contribution >= 4 is 0 Å². The third kappa shape index (κ3) is 7.05. The molecule has 120 valence electrons. The summed E-state index contributed by atoms with van der Waals surface area (Å²) in [6.45, 7) is 12.3. The summed E-state index contributed by atoms with van der Waals surface area (Å²) in [6, 6.07) is 0.722. The predicted octanol–water partition coefficient (Wildman–Crippen LogP) is 3.15. The van der Waals surface area contributed by atoms with Crippen molar-refractivity contribution in [2.45, 2.75) is 58.9 Å². The quantitative estimate of drug-likeness (QED) is 0.658. The molecular weight excluding hydrogens is 248 g/mol. The molecule has 0 aromatic carbocycles. The highest BCUT2D eigenvalue weighted by Crippen LogP contribution is 2.24. The lowest BCUT2D eigenvalue weighted by Crippen LogP contribution is -2.43. The predicted molar refractivity (Wildman–Crippen MR) is 87.2 cm³/mol. The van der Waals surface area contributed by atoms with Crippen LogP contribution >= 0.6 is 0 Å². The molecule has 0 radical (unpaired) electrons. The molecule has 1 rings (SSSR count). The van der Waals surface area contributed by atoms with Crippen molar-refractivity contribution in [1.82, 2.24) is 10.2 Å². The molecule has 2 atom stereocenters. The van der Waals surface area contributed by atoms with Gasteiger partial charge in [-0.2, -0.15) is 0 Å². The summed E-state index contributed by atoms with van der Waals surface area (Å²) in [5.74, 6) is 1.54. The Labute approximate surface area is 126 Å². The molecule has 1 aliphatic carbocycles. The van der Waals surface area contributed by atoms with Gasteiger partial charge in [0.25, 0.3) is 0 Å². The molecule has 0 saturated heterocycles. The molecule has 3 nitrogen and oxygen atoms in total. The van der Waals surface area contributed by atoms with Gasteiger partial charge in [0.05, 0.1) is 6.61 Å². The molecule has 1 N–H and O–H groups in total. The van der Waals surface area contributed by atoms with Gasteiger partial charge in [-0.05, 0) is 31.2 Å². The lowest BCUT2D eigenvalue weighted by atomic mass is 9.93. The Hall–Kier alpha value is -0.120. The summed E-state index contributed by atoms with van der Waals surface area (Å²) in [4.78, 5) is 2.62. The van der Waals surface area contributed by atoms with E-state index in [0.717, 1.165) is 37.6 Å². The summed E-state index contributed by atoms with van der Waals surface area (Å²) in [7, 11) is 1.81. The first-order chi connectivity index (χ1) is 9.67. The lowest BCUT2D eigenvalue weighted by Gasteiger charge is -2.33. The molecule has 0 aromatic heterocycles. The minimum Gasteiger partial charge on any atom is -0.383 e. The monoisotopic (exact) mass is 284 g/mol. The zero-order valence-corrected chi connectivity index (χ0v) is 14.2. The maximum Gasteiger partial charge on any atom is 0.0589 e. The van der Waals surface area contributed by atoms with Crippen molar-refractivity contribution in [2.24, 2.45) is 11.8 Å². The maximum atomic E-state index is 5.28. The Morgan fingerprint density at radius 2 is 1.95 bits per heavy atom. The number of ether oxygens (including phenoxy) is 1. The van der Waals surface area contributed by atoms with Crippen LogP contribution in [-0.2, 0) is 4.74 Å². The molecular formula is C17H36N2O. The Balaban J connectivity index is 2.55. The number of nitrogens with one attached hydrogen (secondary N) is 1. The second-order valence-corrected chi connectivity index (χ2v) is 6.71. The molecule has 1 aliphatic rings. The van der Waals surface area contributed by atoms with Crippen LogP contribution in [0.25, 0.3) is 0 Å². The van der Waals surface area contributed by atoms with E-state index in [4.69, 9.17) is 4.74 Å². The van der Waals surface area contributed by atoms with Gasteiger partial charge in [0.2, 0.25) is 0 Å². The average Bonchev–Trinajstić information content (AvgIpc) is 2.62. The van der Waals surface area contributed by atoms with Crippen LogP contribution in [0.15, 0.2) is 0 Å². The summed E-state index contributed by atoms with van der Waals surface area (Å²) in [6.07, 6.45) is 6.97. The lowest BCUT2D eigenvalue weighted by molar-refractivity contribution is 0.119. The number of methoxy groups -OCH3 is 1. The average molecular weight is 284 g/mol. The Bertz CT molecular complexity index is 233. The van der Waals surface area contributed by atoms with Gasteiger partial charge in [0.15, 0.2) is 0 Å². The summed E-state index contributed by atoms with van der Waals surface area (Å²) < 4.78 is 5.28. The number of hydrogen-bond acceptors (Lipinski definition) is 3. The van der Waals surface area contributed by atoms with Gasteiger partial charge in [-0.1, -0.05) is 40.0 Å². The minimum absolute atomic E-state index is 0.722. The van der Waals surface area contributed by atoms with Crippen molar-refractivity contribution in [3.8, 4) is 0 Å². The maximum absolute atomic E-state index is 5.28. The highest BCUT2D eigenvalue weighted by Gasteiger charge is 2.25. The molecule has 0 bridgehead atoms. The van der Waals surface area contributed by atoms with Gasteiger partial charge in [-0.15, -0.1) is 0 Å². The molecule has 1 fully saturated rings. The van der Waals surface area contributed by atoms with E-state index in [9.17, 15) is 0 Å². The van der Waals surface area contributed by atoms with Crippen molar-refractivity contribution in [1.29, 1.82) is 0 Å². The van der Waals surface area contributed by atoms with Crippen LogP contribution in [0, 0.1) is 11.8 Å². The Morgan fingerprint density at radius 3 is 2.60 bits per heavy atom. The molecule has 0 spiro atoms. The Morgan fingerprint density at radius 1 is 1.20 bits per heavy atom. The summed E-state index contributed by atoms with van der Waals surface area (Å²) >= 11 is 0. The normalized spacial score (nSPS) is 24.3. The number of nitrogens with zero attached hydrogens (tertiary/aromatic N) is 1.